The fourth-order valence-corrected chi connectivity index (χ4v) is 4.22. The molecule has 0 spiro atoms. The lowest BCUT2D eigenvalue weighted by Gasteiger charge is -2.39. The molecular formula is C19H27Cl2N3O2. The van der Waals surface area contributed by atoms with E-state index in [-0.39, 0.29) is 12.5 Å². The molecule has 0 aromatic heterocycles. The number of benzene rings is 1. The van der Waals surface area contributed by atoms with E-state index in [1.807, 2.05) is 18.2 Å². The molecule has 1 aliphatic heterocycles. The second-order valence-corrected chi connectivity index (χ2v) is 8.01. The van der Waals surface area contributed by atoms with Crippen molar-refractivity contribution in [3.8, 4) is 0 Å². The average molecular weight is 400 g/mol. The number of halogens is 2. The van der Waals surface area contributed by atoms with Crippen molar-refractivity contribution >= 4 is 34.8 Å². The Morgan fingerprint density at radius 2 is 1.96 bits per heavy atom. The van der Waals surface area contributed by atoms with Crippen LogP contribution in [0.15, 0.2) is 18.2 Å². The first kappa shape index (κ1) is 19.7. The zero-order valence-corrected chi connectivity index (χ0v) is 16.7. The Bertz CT molecular complexity index is 615. The van der Waals surface area contributed by atoms with Crippen LogP contribution in [0.5, 0.6) is 0 Å². The molecule has 1 aromatic rings. The summed E-state index contributed by atoms with van der Waals surface area (Å²) < 4.78 is 4.84. The van der Waals surface area contributed by atoms with Crippen molar-refractivity contribution in [1.82, 2.24) is 10.2 Å². The minimum atomic E-state index is -0.00764. The first-order valence-corrected chi connectivity index (χ1v) is 10.0. The molecule has 7 heteroatoms. The summed E-state index contributed by atoms with van der Waals surface area (Å²) in [7, 11) is 1.54. The van der Waals surface area contributed by atoms with Gasteiger partial charge in [-0.3, -0.25) is 9.69 Å². The minimum Gasteiger partial charge on any atom is -0.375 e. The van der Waals surface area contributed by atoms with Crippen molar-refractivity contribution in [1.29, 1.82) is 0 Å². The van der Waals surface area contributed by atoms with Crippen molar-refractivity contribution in [2.24, 2.45) is 5.92 Å². The van der Waals surface area contributed by atoms with Gasteiger partial charge in [-0.25, -0.2) is 0 Å². The normalized spacial score (nSPS) is 23.6. The van der Waals surface area contributed by atoms with Gasteiger partial charge in [0.2, 0.25) is 5.91 Å². The van der Waals surface area contributed by atoms with Crippen molar-refractivity contribution in [3.63, 3.8) is 0 Å². The van der Waals surface area contributed by atoms with Gasteiger partial charge in [0.25, 0.3) is 0 Å². The topological polar surface area (TPSA) is 44.8 Å². The number of anilines is 1. The summed E-state index contributed by atoms with van der Waals surface area (Å²) in [5, 5.41) is 4.28. The molecule has 1 amide bonds. The van der Waals surface area contributed by atoms with Crippen LogP contribution >= 0.6 is 23.2 Å². The number of nitrogens with zero attached hydrogens (tertiary/aromatic N) is 2. The molecule has 0 radical (unpaired) electrons. The molecule has 2 aliphatic rings. The van der Waals surface area contributed by atoms with Gasteiger partial charge in [-0.05, 0) is 43.9 Å². The molecule has 0 bridgehead atoms. The Morgan fingerprint density at radius 3 is 2.65 bits per heavy atom. The summed E-state index contributed by atoms with van der Waals surface area (Å²) in [4.78, 5) is 16.3. The second kappa shape index (κ2) is 9.27. The number of hydrogen-bond acceptors (Lipinski definition) is 4. The van der Waals surface area contributed by atoms with E-state index in [9.17, 15) is 4.79 Å². The third kappa shape index (κ3) is 5.03. The third-order valence-corrected chi connectivity index (χ3v) is 6.18. The van der Waals surface area contributed by atoms with E-state index in [0.29, 0.717) is 16.1 Å². The van der Waals surface area contributed by atoms with Crippen LogP contribution < -0.4 is 10.2 Å². The van der Waals surface area contributed by atoms with Crippen LogP contribution in [0.4, 0.5) is 5.69 Å². The fourth-order valence-electron chi connectivity index (χ4n) is 3.80. The molecule has 1 saturated heterocycles. The number of carbonyl (C=O) groups excluding carboxylic acids is 1. The number of ether oxygens (including phenoxy) is 1. The number of nitrogens with one attached hydrogen (secondary N) is 1. The molecule has 144 valence electrons. The van der Waals surface area contributed by atoms with Gasteiger partial charge in [0, 0.05) is 39.3 Å². The summed E-state index contributed by atoms with van der Waals surface area (Å²) in [6, 6.07) is 6.15. The van der Waals surface area contributed by atoms with E-state index in [0.717, 1.165) is 57.2 Å². The van der Waals surface area contributed by atoms with Crippen LogP contribution in [0.3, 0.4) is 0 Å². The number of hydrogen-bond donors (Lipinski definition) is 1. The molecule has 26 heavy (non-hydrogen) atoms. The highest BCUT2D eigenvalue weighted by Gasteiger charge is 2.30. The SMILES string of the molecule is COCC(=O)N[C@H]1C[C@@H](CCN2CCN(c3cccc(Cl)c3Cl)CC2)C1. The molecule has 1 N–H and O–H groups in total. The maximum absolute atomic E-state index is 11.5. The minimum absolute atomic E-state index is 0.00764. The van der Waals surface area contributed by atoms with Crippen molar-refractivity contribution in [2.75, 3.05) is 51.3 Å². The number of rotatable bonds is 7. The van der Waals surface area contributed by atoms with E-state index in [4.69, 9.17) is 27.9 Å². The van der Waals surface area contributed by atoms with Gasteiger partial charge in [-0.15, -0.1) is 0 Å². The van der Waals surface area contributed by atoms with Gasteiger partial charge in [0.1, 0.15) is 6.61 Å². The average Bonchev–Trinajstić information content (AvgIpc) is 2.60. The predicted molar refractivity (Wildman–Crippen MR) is 106 cm³/mol. The second-order valence-electron chi connectivity index (χ2n) is 7.23. The maximum atomic E-state index is 11.5. The number of methoxy groups -OCH3 is 1. The molecule has 1 saturated carbocycles. The zero-order chi connectivity index (χ0) is 18.5. The van der Waals surface area contributed by atoms with Gasteiger partial charge in [0.15, 0.2) is 0 Å². The third-order valence-electron chi connectivity index (χ3n) is 5.37. The molecule has 1 heterocycles. The van der Waals surface area contributed by atoms with E-state index in [1.165, 1.54) is 6.42 Å². The molecule has 1 aliphatic carbocycles. The van der Waals surface area contributed by atoms with Crippen molar-refractivity contribution in [2.45, 2.75) is 25.3 Å². The summed E-state index contributed by atoms with van der Waals surface area (Å²) in [6.07, 6.45) is 3.38. The maximum Gasteiger partial charge on any atom is 0.246 e. The Hall–Kier alpha value is -1.01. The Labute approximate surface area is 165 Å². The monoisotopic (exact) mass is 399 g/mol. The van der Waals surface area contributed by atoms with Crippen LogP contribution in [0, 0.1) is 5.92 Å². The quantitative estimate of drug-likeness (QED) is 0.764. The van der Waals surface area contributed by atoms with Crippen molar-refractivity contribution < 1.29 is 9.53 Å². The summed E-state index contributed by atoms with van der Waals surface area (Å²) >= 11 is 12.5. The number of piperazine rings is 1. The first-order chi connectivity index (χ1) is 12.6. The van der Waals surface area contributed by atoms with Gasteiger partial charge in [-0.1, -0.05) is 29.3 Å². The van der Waals surface area contributed by atoms with Gasteiger partial charge >= 0.3 is 0 Å². The molecule has 0 unspecified atom stereocenters. The Morgan fingerprint density at radius 1 is 1.23 bits per heavy atom. The van der Waals surface area contributed by atoms with E-state index >= 15 is 0 Å². The molecule has 2 fully saturated rings. The van der Waals surface area contributed by atoms with E-state index in [2.05, 4.69) is 15.1 Å². The number of amides is 1. The highest BCUT2D eigenvalue weighted by molar-refractivity contribution is 6.43. The lowest BCUT2D eigenvalue weighted by molar-refractivity contribution is -0.126. The molecular weight excluding hydrogens is 373 g/mol. The van der Waals surface area contributed by atoms with Crippen molar-refractivity contribution in [3.05, 3.63) is 28.2 Å². The fraction of sp³-hybridized carbons (Fsp3) is 0.632. The Kier molecular flexibility index (Phi) is 7.04. The van der Waals surface area contributed by atoms with Crippen LogP contribution in [-0.4, -0.2) is 63.3 Å². The molecule has 5 nitrogen and oxygen atoms in total. The van der Waals surface area contributed by atoms with Crippen LogP contribution in [-0.2, 0) is 9.53 Å². The standard InChI is InChI=1S/C19H27Cl2N3O2/c1-26-13-18(25)22-15-11-14(12-15)5-6-23-7-9-24(10-8-23)17-4-2-3-16(20)19(17)21/h2-4,14-15H,5-13H2,1H3,(H,22,25)/t14-,15+. The first-order valence-electron chi connectivity index (χ1n) is 9.26. The van der Waals surface area contributed by atoms with Gasteiger partial charge in [-0.2, -0.15) is 0 Å². The van der Waals surface area contributed by atoms with E-state index in [1.54, 1.807) is 7.11 Å². The number of carbonyl (C=O) groups is 1. The van der Waals surface area contributed by atoms with Crippen LogP contribution in [0.2, 0.25) is 10.0 Å². The van der Waals surface area contributed by atoms with Crippen LogP contribution in [0.1, 0.15) is 19.3 Å². The highest BCUT2D eigenvalue weighted by atomic mass is 35.5. The van der Waals surface area contributed by atoms with Crippen LogP contribution in [0.25, 0.3) is 0 Å². The summed E-state index contributed by atoms with van der Waals surface area (Å²) in [5.41, 5.74) is 1.03. The highest BCUT2D eigenvalue weighted by Crippen LogP contribution is 2.33. The summed E-state index contributed by atoms with van der Waals surface area (Å²) in [6.45, 7) is 5.32. The van der Waals surface area contributed by atoms with Gasteiger partial charge < -0.3 is 15.0 Å². The lowest BCUT2D eigenvalue weighted by atomic mass is 9.78. The molecule has 1 aromatic carbocycles. The molecule has 3 rings (SSSR count). The lowest BCUT2D eigenvalue weighted by Crippen LogP contribution is -2.49. The zero-order valence-electron chi connectivity index (χ0n) is 15.2. The predicted octanol–water partition coefficient (Wildman–Crippen LogP) is 3.05. The van der Waals surface area contributed by atoms with E-state index < -0.39 is 0 Å². The smallest absolute Gasteiger partial charge is 0.246 e. The molecule has 0 atom stereocenters. The Balaban J connectivity index is 1.34. The summed E-state index contributed by atoms with van der Waals surface area (Å²) in [5.74, 6) is 0.718. The largest absolute Gasteiger partial charge is 0.375 e. The van der Waals surface area contributed by atoms with Gasteiger partial charge in [0.05, 0.1) is 15.7 Å².